The van der Waals surface area contributed by atoms with E-state index in [2.05, 4.69) is 11.6 Å². The standard InChI is InChI=1S/C10H12FNO/c1-2-3-4-10(13)8-5-6-12-7-9(8)11/h2,5-7,10,13H,1,3-4H2. The molecule has 1 heterocycles. The van der Waals surface area contributed by atoms with Gasteiger partial charge in [-0.1, -0.05) is 6.08 Å². The average Bonchev–Trinajstić information content (AvgIpc) is 2.15. The highest BCUT2D eigenvalue weighted by Gasteiger charge is 2.10. The number of hydrogen-bond donors (Lipinski definition) is 1. The lowest BCUT2D eigenvalue weighted by atomic mass is 10.1. The molecule has 0 spiro atoms. The molecule has 0 aliphatic carbocycles. The summed E-state index contributed by atoms with van der Waals surface area (Å²) in [4.78, 5) is 3.60. The Bertz CT molecular complexity index is 288. The zero-order valence-corrected chi connectivity index (χ0v) is 7.28. The molecule has 0 aliphatic rings. The maximum atomic E-state index is 13.0. The molecule has 1 atom stereocenters. The van der Waals surface area contributed by atoms with E-state index in [0.717, 1.165) is 6.20 Å². The van der Waals surface area contributed by atoms with Crippen LogP contribution in [0.25, 0.3) is 0 Å². The van der Waals surface area contributed by atoms with E-state index in [4.69, 9.17) is 0 Å². The zero-order chi connectivity index (χ0) is 9.68. The number of aliphatic hydroxyl groups is 1. The second-order valence-electron chi connectivity index (χ2n) is 2.78. The van der Waals surface area contributed by atoms with Crippen LogP contribution in [0.5, 0.6) is 0 Å². The first-order chi connectivity index (χ1) is 6.25. The van der Waals surface area contributed by atoms with Crippen LogP contribution >= 0.6 is 0 Å². The average molecular weight is 181 g/mol. The summed E-state index contributed by atoms with van der Waals surface area (Å²) >= 11 is 0. The molecule has 0 radical (unpaired) electrons. The molecule has 0 saturated heterocycles. The summed E-state index contributed by atoms with van der Waals surface area (Å²) in [6, 6.07) is 1.49. The smallest absolute Gasteiger partial charge is 0.147 e. The van der Waals surface area contributed by atoms with Crippen LogP contribution in [0.3, 0.4) is 0 Å². The first-order valence-corrected chi connectivity index (χ1v) is 4.14. The van der Waals surface area contributed by atoms with Crippen LogP contribution in [0, 0.1) is 5.82 Å². The summed E-state index contributed by atoms with van der Waals surface area (Å²) in [6.45, 7) is 3.53. The fourth-order valence-corrected chi connectivity index (χ4v) is 1.09. The Labute approximate surface area is 76.7 Å². The van der Waals surface area contributed by atoms with Gasteiger partial charge in [0.1, 0.15) is 5.82 Å². The van der Waals surface area contributed by atoms with Crippen molar-refractivity contribution in [1.29, 1.82) is 0 Å². The zero-order valence-electron chi connectivity index (χ0n) is 7.28. The number of aromatic nitrogens is 1. The SMILES string of the molecule is C=CCCC(O)c1ccncc1F. The van der Waals surface area contributed by atoms with Crippen molar-refractivity contribution >= 4 is 0 Å². The van der Waals surface area contributed by atoms with Crippen LogP contribution in [0.2, 0.25) is 0 Å². The van der Waals surface area contributed by atoms with Crippen molar-refractivity contribution < 1.29 is 9.50 Å². The second kappa shape index (κ2) is 4.72. The highest BCUT2D eigenvalue weighted by atomic mass is 19.1. The van der Waals surface area contributed by atoms with Crippen molar-refractivity contribution in [2.24, 2.45) is 0 Å². The molecule has 0 amide bonds. The van der Waals surface area contributed by atoms with Gasteiger partial charge in [-0.15, -0.1) is 6.58 Å². The van der Waals surface area contributed by atoms with E-state index in [9.17, 15) is 9.50 Å². The molecule has 1 aromatic heterocycles. The van der Waals surface area contributed by atoms with Gasteiger partial charge in [-0.25, -0.2) is 4.39 Å². The van der Waals surface area contributed by atoms with Gasteiger partial charge in [0.2, 0.25) is 0 Å². The molecule has 1 rings (SSSR count). The van der Waals surface area contributed by atoms with Gasteiger partial charge >= 0.3 is 0 Å². The van der Waals surface area contributed by atoms with Gasteiger partial charge in [0.15, 0.2) is 0 Å². The van der Waals surface area contributed by atoms with E-state index >= 15 is 0 Å². The molecule has 1 N–H and O–H groups in total. The van der Waals surface area contributed by atoms with E-state index in [1.807, 2.05) is 0 Å². The first kappa shape index (κ1) is 9.86. The monoisotopic (exact) mass is 181 g/mol. The number of allylic oxidation sites excluding steroid dienone is 1. The molecule has 0 fully saturated rings. The van der Waals surface area contributed by atoms with Crippen LogP contribution in [-0.2, 0) is 0 Å². The Morgan fingerprint density at radius 1 is 1.69 bits per heavy atom. The molecule has 1 unspecified atom stereocenters. The van der Waals surface area contributed by atoms with Crippen LogP contribution in [0.4, 0.5) is 4.39 Å². The summed E-state index contributed by atoms with van der Waals surface area (Å²) < 4.78 is 13.0. The molecule has 1 aromatic rings. The molecule has 3 heteroatoms. The van der Waals surface area contributed by atoms with E-state index < -0.39 is 11.9 Å². The summed E-state index contributed by atoms with van der Waals surface area (Å²) in [7, 11) is 0. The number of halogens is 1. The molecular formula is C10H12FNO. The fourth-order valence-electron chi connectivity index (χ4n) is 1.09. The third kappa shape index (κ3) is 2.63. The van der Waals surface area contributed by atoms with Gasteiger partial charge in [0.25, 0.3) is 0 Å². The fraction of sp³-hybridized carbons (Fsp3) is 0.300. The lowest BCUT2D eigenvalue weighted by Crippen LogP contribution is -2.00. The predicted octanol–water partition coefficient (Wildman–Crippen LogP) is 2.22. The Hall–Kier alpha value is -1.22. The van der Waals surface area contributed by atoms with Gasteiger partial charge in [0, 0.05) is 11.8 Å². The molecule has 0 bridgehead atoms. The highest BCUT2D eigenvalue weighted by molar-refractivity contribution is 5.15. The predicted molar refractivity (Wildman–Crippen MR) is 48.6 cm³/mol. The molecule has 2 nitrogen and oxygen atoms in total. The lowest BCUT2D eigenvalue weighted by molar-refractivity contribution is 0.164. The van der Waals surface area contributed by atoms with Crippen molar-refractivity contribution in [2.45, 2.75) is 18.9 Å². The minimum atomic E-state index is -0.763. The van der Waals surface area contributed by atoms with Crippen molar-refractivity contribution in [1.82, 2.24) is 4.98 Å². The van der Waals surface area contributed by atoms with Gasteiger partial charge in [-0.3, -0.25) is 4.98 Å². The Kier molecular flexibility index (Phi) is 3.58. The van der Waals surface area contributed by atoms with Gasteiger partial charge in [-0.05, 0) is 18.9 Å². The third-order valence-corrected chi connectivity index (χ3v) is 1.81. The highest BCUT2D eigenvalue weighted by Crippen LogP contribution is 2.20. The second-order valence-corrected chi connectivity index (χ2v) is 2.78. The van der Waals surface area contributed by atoms with Crippen molar-refractivity contribution in [3.63, 3.8) is 0 Å². The quantitative estimate of drug-likeness (QED) is 0.722. The molecular weight excluding hydrogens is 169 g/mol. The Morgan fingerprint density at radius 2 is 2.46 bits per heavy atom. The van der Waals surface area contributed by atoms with Crippen molar-refractivity contribution in [2.75, 3.05) is 0 Å². The number of rotatable bonds is 4. The third-order valence-electron chi connectivity index (χ3n) is 1.81. The Morgan fingerprint density at radius 3 is 3.08 bits per heavy atom. The largest absolute Gasteiger partial charge is 0.388 e. The van der Waals surface area contributed by atoms with E-state index in [1.165, 1.54) is 12.3 Å². The molecule has 13 heavy (non-hydrogen) atoms. The number of pyridine rings is 1. The van der Waals surface area contributed by atoms with E-state index in [-0.39, 0.29) is 0 Å². The van der Waals surface area contributed by atoms with Crippen LogP contribution in [-0.4, -0.2) is 10.1 Å². The summed E-state index contributed by atoms with van der Waals surface area (Å²) in [5.41, 5.74) is 0.303. The molecule has 0 saturated carbocycles. The van der Waals surface area contributed by atoms with Crippen LogP contribution < -0.4 is 0 Å². The number of aliphatic hydroxyl groups excluding tert-OH is 1. The number of nitrogens with zero attached hydrogens (tertiary/aromatic N) is 1. The van der Waals surface area contributed by atoms with Crippen molar-refractivity contribution in [3.05, 3.63) is 42.5 Å². The van der Waals surface area contributed by atoms with Gasteiger partial charge in [-0.2, -0.15) is 0 Å². The molecule has 70 valence electrons. The summed E-state index contributed by atoms with van der Waals surface area (Å²) in [5, 5.41) is 9.52. The van der Waals surface area contributed by atoms with Gasteiger partial charge < -0.3 is 5.11 Å². The van der Waals surface area contributed by atoms with Gasteiger partial charge in [0.05, 0.1) is 12.3 Å². The first-order valence-electron chi connectivity index (χ1n) is 4.14. The summed E-state index contributed by atoms with van der Waals surface area (Å²) in [6.07, 6.45) is 4.67. The minimum absolute atomic E-state index is 0.303. The van der Waals surface area contributed by atoms with Crippen LogP contribution in [0.15, 0.2) is 31.1 Å². The maximum absolute atomic E-state index is 13.0. The molecule has 0 aliphatic heterocycles. The Balaban J connectivity index is 2.70. The maximum Gasteiger partial charge on any atom is 0.147 e. The normalized spacial score (nSPS) is 12.5. The lowest BCUT2D eigenvalue weighted by Gasteiger charge is -2.09. The molecule has 0 aromatic carbocycles. The van der Waals surface area contributed by atoms with E-state index in [1.54, 1.807) is 6.08 Å². The number of hydrogen-bond acceptors (Lipinski definition) is 2. The topological polar surface area (TPSA) is 33.1 Å². The van der Waals surface area contributed by atoms with E-state index in [0.29, 0.717) is 18.4 Å². The minimum Gasteiger partial charge on any atom is -0.388 e. The van der Waals surface area contributed by atoms with Crippen LogP contribution in [0.1, 0.15) is 24.5 Å². The van der Waals surface area contributed by atoms with Crippen molar-refractivity contribution in [3.8, 4) is 0 Å². The summed E-state index contributed by atoms with van der Waals surface area (Å²) in [5.74, 6) is -0.459.